The molecule has 0 spiro atoms. The molecule has 1 aromatic carbocycles. The van der Waals surface area contributed by atoms with Gasteiger partial charge in [-0.25, -0.2) is 4.79 Å². The first-order chi connectivity index (χ1) is 9.79. The van der Waals surface area contributed by atoms with Gasteiger partial charge in [0.2, 0.25) is 0 Å². The molecule has 116 valence electrons. The number of hydrogen-bond acceptors (Lipinski definition) is 2. The number of carbonyl (C=O) groups is 1. The zero-order valence-corrected chi connectivity index (χ0v) is 11.6. The Morgan fingerprint density at radius 2 is 2.10 bits per heavy atom. The Bertz CT molecular complexity index is 501. The molecule has 1 rings (SSSR count). The molecule has 0 aromatic heterocycles. The molecule has 0 aliphatic heterocycles. The maximum absolute atomic E-state index is 12.5. The van der Waals surface area contributed by atoms with E-state index >= 15 is 0 Å². The molecule has 0 radical (unpaired) electrons. The van der Waals surface area contributed by atoms with Crippen LogP contribution in [0.3, 0.4) is 0 Å². The third kappa shape index (κ3) is 6.80. The van der Waals surface area contributed by atoms with Crippen molar-refractivity contribution in [1.82, 2.24) is 5.32 Å². The Morgan fingerprint density at radius 1 is 1.38 bits per heavy atom. The van der Waals surface area contributed by atoms with Crippen LogP contribution in [-0.2, 0) is 10.9 Å². The zero-order valence-electron chi connectivity index (χ0n) is 11.6. The second kappa shape index (κ2) is 7.68. The molecule has 0 atom stereocenters. The molecule has 1 aromatic rings. The predicted octanol–water partition coefficient (Wildman–Crippen LogP) is 3.42. The van der Waals surface area contributed by atoms with Gasteiger partial charge in [-0.05, 0) is 25.1 Å². The standard InChI is InChI=1S/C14H17F3N2O2/c1-10(2)9-21-7-6-18-13(20)19-12-5-3-4-11(8-12)14(15,16)17/h3-5,8H,1,6-7,9H2,2H3,(H2,18,19,20). The predicted molar refractivity (Wildman–Crippen MR) is 74.1 cm³/mol. The molecule has 2 amide bonds. The van der Waals surface area contributed by atoms with E-state index in [1.165, 1.54) is 12.1 Å². The fourth-order valence-corrected chi connectivity index (χ4v) is 1.43. The van der Waals surface area contributed by atoms with E-state index in [1.54, 1.807) is 0 Å². The van der Waals surface area contributed by atoms with Gasteiger partial charge in [-0.15, -0.1) is 0 Å². The molecule has 0 saturated heterocycles. The quantitative estimate of drug-likeness (QED) is 0.625. The molecule has 0 saturated carbocycles. The molecule has 0 bridgehead atoms. The number of benzene rings is 1. The average Bonchev–Trinajstić information content (AvgIpc) is 2.37. The van der Waals surface area contributed by atoms with E-state index < -0.39 is 17.8 Å². The molecule has 4 nitrogen and oxygen atoms in total. The monoisotopic (exact) mass is 302 g/mol. The minimum atomic E-state index is -4.44. The number of hydrogen-bond donors (Lipinski definition) is 2. The van der Waals surface area contributed by atoms with E-state index in [1.807, 2.05) is 6.92 Å². The summed E-state index contributed by atoms with van der Waals surface area (Å²) < 4.78 is 42.7. The Morgan fingerprint density at radius 3 is 2.71 bits per heavy atom. The number of amides is 2. The highest BCUT2D eigenvalue weighted by atomic mass is 19.4. The van der Waals surface area contributed by atoms with Crippen molar-refractivity contribution in [3.8, 4) is 0 Å². The summed E-state index contributed by atoms with van der Waals surface area (Å²) in [6.07, 6.45) is -4.44. The molecular weight excluding hydrogens is 285 g/mol. The van der Waals surface area contributed by atoms with E-state index in [0.717, 1.165) is 17.7 Å². The van der Waals surface area contributed by atoms with Gasteiger partial charge in [0, 0.05) is 12.2 Å². The van der Waals surface area contributed by atoms with Crippen molar-refractivity contribution in [3.05, 3.63) is 42.0 Å². The van der Waals surface area contributed by atoms with Crippen molar-refractivity contribution in [2.45, 2.75) is 13.1 Å². The highest BCUT2D eigenvalue weighted by Gasteiger charge is 2.30. The molecular formula is C14H17F3N2O2. The van der Waals surface area contributed by atoms with Crippen molar-refractivity contribution in [3.63, 3.8) is 0 Å². The van der Waals surface area contributed by atoms with Gasteiger partial charge in [0.25, 0.3) is 0 Å². The van der Waals surface area contributed by atoms with E-state index in [9.17, 15) is 18.0 Å². The van der Waals surface area contributed by atoms with Gasteiger partial charge in [0.1, 0.15) is 0 Å². The maximum Gasteiger partial charge on any atom is 0.416 e. The van der Waals surface area contributed by atoms with Crippen molar-refractivity contribution >= 4 is 11.7 Å². The van der Waals surface area contributed by atoms with Crippen molar-refractivity contribution in [2.75, 3.05) is 25.1 Å². The van der Waals surface area contributed by atoms with Crippen LogP contribution in [0, 0.1) is 0 Å². The van der Waals surface area contributed by atoms with Gasteiger partial charge >= 0.3 is 12.2 Å². The second-order valence-electron chi connectivity index (χ2n) is 4.47. The van der Waals surface area contributed by atoms with Crippen LogP contribution in [0.5, 0.6) is 0 Å². The number of alkyl halides is 3. The van der Waals surface area contributed by atoms with Crippen molar-refractivity contribution in [1.29, 1.82) is 0 Å². The summed E-state index contributed by atoms with van der Waals surface area (Å²) in [7, 11) is 0. The Hall–Kier alpha value is -2.02. The van der Waals surface area contributed by atoms with Gasteiger partial charge in [0.05, 0.1) is 18.8 Å². The Kier molecular flexibility index (Phi) is 6.23. The normalized spacial score (nSPS) is 11.0. The van der Waals surface area contributed by atoms with Crippen LogP contribution in [-0.4, -0.2) is 25.8 Å². The van der Waals surface area contributed by atoms with Gasteiger partial charge < -0.3 is 15.4 Å². The van der Waals surface area contributed by atoms with Crippen LogP contribution in [0.25, 0.3) is 0 Å². The first kappa shape index (κ1) is 17.0. The summed E-state index contributed by atoms with van der Waals surface area (Å²) in [6, 6.07) is 3.83. The molecule has 0 unspecified atom stereocenters. The number of rotatable bonds is 6. The van der Waals surface area contributed by atoms with Crippen LogP contribution in [0.4, 0.5) is 23.7 Å². The maximum atomic E-state index is 12.5. The molecule has 21 heavy (non-hydrogen) atoms. The summed E-state index contributed by atoms with van der Waals surface area (Å²) in [4.78, 5) is 11.5. The number of anilines is 1. The molecule has 2 N–H and O–H groups in total. The van der Waals surface area contributed by atoms with Gasteiger partial charge in [-0.3, -0.25) is 0 Å². The van der Waals surface area contributed by atoms with E-state index in [-0.39, 0.29) is 12.2 Å². The van der Waals surface area contributed by atoms with Gasteiger partial charge in [-0.1, -0.05) is 18.2 Å². The molecule has 0 aliphatic carbocycles. The molecule has 0 fully saturated rings. The number of urea groups is 1. The van der Waals surface area contributed by atoms with Crippen LogP contribution in [0.15, 0.2) is 36.4 Å². The fraction of sp³-hybridized carbons (Fsp3) is 0.357. The third-order valence-electron chi connectivity index (χ3n) is 2.33. The van der Waals surface area contributed by atoms with Gasteiger partial charge in [0.15, 0.2) is 0 Å². The first-order valence-corrected chi connectivity index (χ1v) is 6.23. The van der Waals surface area contributed by atoms with Crippen LogP contribution in [0.1, 0.15) is 12.5 Å². The largest absolute Gasteiger partial charge is 0.416 e. The highest BCUT2D eigenvalue weighted by Crippen LogP contribution is 2.30. The number of halogens is 3. The highest BCUT2D eigenvalue weighted by molar-refractivity contribution is 5.89. The van der Waals surface area contributed by atoms with E-state index in [0.29, 0.717) is 13.2 Å². The summed E-state index contributed by atoms with van der Waals surface area (Å²) >= 11 is 0. The minimum Gasteiger partial charge on any atom is -0.375 e. The lowest BCUT2D eigenvalue weighted by atomic mass is 10.2. The first-order valence-electron chi connectivity index (χ1n) is 6.23. The van der Waals surface area contributed by atoms with Crippen LogP contribution < -0.4 is 10.6 Å². The van der Waals surface area contributed by atoms with Crippen molar-refractivity contribution in [2.24, 2.45) is 0 Å². The molecule has 0 aliphatic rings. The summed E-state index contributed by atoms with van der Waals surface area (Å²) in [6.45, 7) is 6.41. The lowest BCUT2D eigenvalue weighted by Gasteiger charge is -2.11. The Labute approximate surface area is 121 Å². The third-order valence-corrected chi connectivity index (χ3v) is 2.33. The summed E-state index contributed by atoms with van der Waals surface area (Å²) in [5, 5.41) is 4.81. The average molecular weight is 302 g/mol. The number of carbonyl (C=O) groups excluding carboxylic acids is 1. The Balaban J connectivity index is 2.39. The van der Waals surface area contributed by atoms with Gasteiger partial charge in [-0.2, -0.15) is 13.2 Å². The molecule has 0 heterocycles. The van der Waals surface area contributed by atoms with E-state index in [2.05, 4.69) is 17.2 Å². The minimum absolute atomic E-state index is 0.0742. The fourth-order valence-electron chi connectivity index (χ4n) is 1.43. The molecule has 7 heteroatoms. The zero-order chi connectivity index (χ0) is 15.9. The smallest absolute Gasteiger partial charge is 0.375 e. The van der Waals surface area contributed by atoms with Crippen LogP contribution in [0.2, 0.25) is 0 Å². The lowest BCUT2D eigenvalue weighted by molar-refractivity contribution is -0.137. The van der Waals surface area contributed by atoms with E-state index in [4.69, 9.17) is 4.74 Å². The van der Waals surface area contributed by atoms with Crippen molar-refractivity contribution < 1.29 is 22.7 Å². The van der Waals surface area contributed by atoms with Crippen LogP contribution >= 0.6 is 0 Å². The number of ether oxygens (including phenoxy) is 1. The second-order valence-corrected chi connectivity index (χ2v) is 4.47. The lowest BCUT2D eigenvalue weighted by Crippen LogP contribution is -2.31. The summed E-state index contributed by atoms with van der Waals surface area (Å²) in [5.41, 5.74) is 0.124. The topological polar surface area (TPSA) is 50.4 Å². The summed E-state index contributed by atoms with van der Waals surface area (Å²) in [5.74, 6) is 0. The number of nitrogens with one attached hydrogen (secondary N) is 2. The SMILES string of the molecule is C=C(C)COCCNC(=O)Nc1cccc(C(F)(F)F)c1.